The second-order valence-corrected chi connectivity index (χ2v) is 11.3. The molecular formula is C34H60N2. The largest absolute Gasteiger partial charge is 0.356 e. The molecule has 0 aromatic heterocycles. The Morgan fingerprint density at radius 3 is 1.47 bits per heavy atom. The highest BCUT2D eigenvalue weighted by Gasteiger charge is 2.25. The number of nitrogens with zero attached hydrogens (tertiary/aromatic N) is 2. The molecule has 1 aliphatic heterocycles. The first-order valence-corrected chi connectivity index (χ1v) is 16.1. The van der Waals surface area contributed by atoms with Gasteiger partial charge in [-0.1, -0.05) is 160 Å². The van der Waals surface area contributed by atoms with Gasteiger partial charge in [0, 0.05) is 25.5 Å². The van der Waals surface area contributed by atoms with Gasteiger partial charge < -0.3 is 9.80 Å². The Kier molecular flexibility index (Phi) is 18.5. The summed E-state index contributed by atoms with van der Waals surface area (Å²) in [6, 6.07) is 11.0. The first kappa shape index (κ1) is 30.8. The van der Waals surface area contributed by atoms with Crippen LogP contribution in [0.5, 0.6) is 0 Å². The van der Waals surface area contributed by atoms with Gasteiger partial charge in [-0.2, -0.15) is 0 Å². The van der Waals surface area contributed by atoms with E-state index in [9.17, 15) is 0 Å². The van der Waals surface area contributed by atoms with Gasteiger partial charge in [-0.05, 0) is 24.8 Å². The van der Waals surface area contributed by atoms with Crippen LogP contribution in [0.15, 0.2) is 42.7 Å². The Labute approximate surface area is 225 Å². The summed E-state index contributed by atoms with van der Waals surface area (Å²) in [5.74, 6) is 0. The van der Waals surface area contributed by atoms with Crippen molar-refractivity contribution in [2.45, 2.75) is 161 Å². The van der Waals surface area contributed by atoms with Gasteiger partial charge in [0.05, 0.1) is 0 Å². The molecule has 206 valence electrons. The number of unbranched alkanes of at least 4 members (excludes halogenated alkanes) is 18. The van der Waals surface area contributed by atoms with E-state index in [1.54, 1.807) is 0 Å². The van der Waals surface area contributed by atoms with Crippen LogP contribution in [0.3, 0.4) is 0 Å². The fraction of sp³-hybridized carbons (Fsp3) is 0.765. The molecule has 0 fully saturated rings. The molecule has 0 N–H and O–H groups in total. The Morgan fingerprint density at radius 1 is 0.500 bits per heavy atom. The van der Waals surface area contributed by atoms with Crippen molar-refractivity contribution in [2.24, 2.45) is 0 Å². The van der Waals surface area contributed by atoms with Crippen molar-refractivity contribution in [1.29, 1.82) is 0 Å². The van der Waals surface area contributed by atoms with Crippen LogP contribution in [0.4, 0.5) is 0 Å². The highest BCUT2D eigenvalue weighted by atomic mass is 15.4. The number of benzene rings is 1. The fourth-order valence-corrected chi connectivity index (χ4v) is 5.66. The summed E-state index contributed by atoms with van der Waals surface area (Å²) >= 11 is 0. The first-order valence-electron chi connectivity index (χ1n) is 16.1. The number of rotatable bonds is 24. The average molecular weight is 497 g/mol. The van der Waals surface area contributed by atoms with E-state index in [0.29, 0.717) is 6.17 Å². The molecule has 1 aromatic rings. The maximum Gasteiger partial charge on any atom is 0.101 e. The van der Waals surface area contributed by atoms with E-state index in [0.717, 1.165) is 6.54 Å². The molecule has 0 spiro atoms. The van der Waals surface area contributed by atoms with E-state index in [2.05, 4.69) is 66.4 Å². The number of hydrogen-bond acceptors (Lipinski definition) is 2. The lowest BCUT2D eigenvalue weighted by Gasteiger charge is -2.33. The topological polar surface area (TPSA) is 6.48 Å². The maximum atomic E-state index is 2.65. The van der Waals surface area contributed by atoms with Crippen molar-refractivity contribution in [3.8, 4) is 0 Å². The van der Waals surface area contributed by atoms with Crippen LogP contribution >= 0.6 is 0 Å². The van der Waals surface area contributed by atoms with Gasteiger partial charge in [-0.3, -0.25) is 0 Å². The zero-order valence-corrected chi connectivity index (χ0v) is 24.3. The summed E-state index contributed by atoms with van der Waals surface area (Å²) in [5, 5.41) is 0. The Hall–Kier alpha value is -1.44. The molecule has 0 aliphatic carbocycles. The number of hydrogen-bond donors (Lipinski definition) is 0. The Morgan fingerprint density at radius 2 is 0.944 bits per heavy atom. The molecule has 0 bridgehead atoms. The summed E-state index contributed by atoms with van der Waals surface area (Å²) in [7, 11) is 0. The summed E-state index contributed by atoms with van der Waals surface area (Å²) in [6.07, 6.45) is 35.0. The van der Waals surface area contributed by atoms with Crippen LogP contribution in [-0.4, -0.2) is 22.5 Å². The minimum Gasteiger partial charge on any atom is -0.356 e. The van der Waals surface area contributed by atoms with E-state index in [1.807, 2.05) is 0 Å². The quantitative estimate of drug-likeness (QED) is 0.131. The van der Waals surface area contributed by atoms with Gasteiger partial charge in [0.2, 0.25) is 0 Å². The molecule has 2 nitrogen and oxygen atoms in total. The molecule has 0 saturated carbocycles. The molecule has 0 radical (unpaired) electrons. The summed E-state index contributed by atoms with van der Waals surface area (Å²) in [4.78, 5) is 5.24. The third kappa shape index (κ3) is 14.3. The lowest BCUT2D eigenvalue weighted by atomic mass is 10.0. The van der Waals surface area contributed by atoms with Crippen molar-refractivity contribution in [1.82, 2.24) is 9.80 Å². The smallest absolute Gasteiger partial charge is 0.101 e. The normalized spacial score (nSPS) is 15.3. The molecule has 36 heavy (non-hydrogen) atoms. The molecule has 0 amide bonds. The molecule has 1 aliphatic rings. The Bertz CT molecular complexity index is 625. The summed E-state index contributed by atoms with van der Waals surface area (Å²) < 4.78 is 0. The average Bonchev–Trinajstić information content (AvgIpc) is 3.27. The SMILES string of the molecule is CCCCCCCCCCCCCCCCN1C=CN(Cc2ccccc2)C1CCCCCCCC. The monoisotopic (exact) mass is 496 g/mol. The van der Waals surface area contributed by atoms with Crippen LogP contribution in [0.25, 0.3) is 0 Å². The van der Waals surface area contributed by atoms with Crippen molar-refractivity contribution in [3.05, 3.63) is 48.3 Å². The Balaban J connectivity index is 1.57. The molecular weight excluding hydrogens is 436 g/mol. The molecule has 1 unspecified atom stereocenters. The molecule has 1 aromatic carbocycles. The van der Waals surface area contributed by atoms with Crippen molar-refractivity contribution in [2.75, 3.05) is 6.54 Å². The van der Waals surface area contributed by atoms with Gasteiger partial charge in [-0.25, -0.2) is 0 Å². The highest BCUT2D eigenvalue weighted by molar-refractivity contribution is 5.16. The molecule has 1 atom stereocenters. The predicted octanol–water partition coefficient (Wildman–Crippen LogP) is 10.8. The van der Waals surface area contributed by atoms with Gasteiger partial charge in [0.1, 0.15) is 6.17 Å². The second-order valence-electron chi connectivity index (χ2n) is 11.3. The van der Waals surface area contributed by atoms with E-state index >= 15 is 0 Å². The molecule has 2 rings (SSSR count). The fourth-order valence-electron chi connectivity index (χ4n) is 5.66. The standard InChI is InChI=1S/C34H60N2/c1-3-5-7-9-11-12-13-14-15-16-17-18-20-25-29-35-30-31-36(32-33-26-22-21-23-27-33)34(35)28-24-19-10-8-6-4-2/h21-23,26-27,30-31,34H,3-20,24-25,28-29,32H2,1-2H3. The van der Waals surface area contributed by atoms with Gasteiger partial charge in [-0.15, -0.1) is 0 Å². The maximum absolute atomic E-state index is 2.65. The zero-order chi connectivity index (χ0) is 25.5. The van der Waals surface area contributed by atoms with Crippen molar-refractivity contribution in [3.63, 3.8) is 0 Å². The van der Waals surface area contributed by atoms with E-state index < -0.39 is 0 Å². The minimum absolute atomic E-state index is 0.554. The first-order chi connectivity index (χ1) is 17.8. The summed E-state index contributed by atoms with van der Waals surface area (Å²) in [6.45, 7) is 6.87. The van der Waals surface area contributed by atoms with Gasteiger partial charge in [0.15, 0.2) is 0 Å². The molecule has 0 saturated heterocycles. The molecule has 2 heteroatoms. The van der Waals surface area contributed by atoms with Crippen molar-refractivity contribution >= 4 is 0 Å². The van der Waals surface area contributed by atoms with Crippen LogP contribution in [0.2, 0.25) is 0 Å². The summed E-state index contributed by atoms with van der Waals surface area (Å²) in [5.41, 5.74) is 1.42. The lowest BCUT2D eigenvalue weighted by Crippen LogP contribution is -2.38. The van der Waals surface area contributed by atoms with Gasteiger partial charge >= 0.3 is 0 Å². The minimum atomic E-state index is 0.554. The van der Waals surface area contributed by atoms with Crippen LogP contribution in [0.1, 0.15) is 154 Å². The van der Waals surface area contributed by atoms with E-state index in [1.165, 1.54) is 147 Å². The van der Waals surface area contributed by atoms with Crippen molar-refractivity contribution < 1.29 is 0 Å². The van der Waals surface area contributed by atoms with E-state index in [-0.39, 0.29) is 0 Å². The third-order valence-electron chi connectivity index (χ3n) is 8.01. The van der Waals surface area contributed by atoms with Crippen LogP contribution < -0.4 is 0 Å². The highest BCUT2D eigenvalue weighted by Crippen LogP contribution is 2.25. The van der Waals surface area contributed by atoms with E-state index in [4.69, 9.17) is 0 Å². The predicted molar refractivity (Wildman–Crippen MR) is 160 cm³/mol. The van der Waals surface area contributed by atoms with Crippen LogP contribution in [-0.2, 0) is 6.54 Å². The van der Waals surface area contributed by atoms with Gasteiger partial charge in [0.25, 0.3) is 0 Å². The van der Waals surface area contributed by atoms with Crippen LogP contribution in [0, 0.1) is 0 Å². The second kappa shape index (κ2) is 21.6. The third-order valence-corrected chi connectivity index (χ3v) is 8.01. The lowest BCUT2D eigenvalue weighted by molar-refractivity contribution is 0.132. The zero-order valence-electron chi connectivity index (χ0n) is 24.3. The molecule has 1 heterocycles.